The van der Waals surface area contributed by atoms with Gasteiger partial charge in [-0.1, -0.05) is 66.7 Å². The molecule has 0 aliphatic rings. The van der Waals surface area contributed by atoms with Crippen LogP contribution in [-0.4, -0.2) is 30.6 Å². The number of ether oxygens (including phenoxy) is 2. The number of carbonyl (C=O) groups excluding carboxylic acids is 2. The van der Waals surface area contributed by atoms with Crippen molar-refractivity contribution in [2.75, 3.05) is 13.2 Å². The maximum absolute atomic E-state index is 12.0. The van der Waals surface area contributed by atoms with Gasteiger partial charge in [0, 0.05) is 12.6 Å². The van der Waals surface area contributed by atoms with E-state index in [0.717, 1.165) is 28.7 Å². The minimum absolute atomic E-state index is 0.103. The molecule has 0 atom stereocenters. The van der Waals surface area contributed by atoms with Crippen LogP contribution in [0.25, 0.3) is 17.2 Å². The van der Waals surface area contributed by atoms with Crippen molar-refractivity contribution in [2.45, 2.75) is 32.8 Å². The summed E-state index contributed by atoms with van der Waals surface area (Å²) in [6, 6.07) is 25.6. The van der Waals surface area contributed by atoms with E-state index in [4.69, 9.17) is 9.47 Å². The van der Waals surface area contributed by atoms with Crippen molar-refractivity contribution in [3.63, 3.8) is 0 Å². The number of hydrogen-bond donors (Lipinski definition) is 1. The summed E-state index contributed by atoms with van der Waals surface area (Å²) < 4.78 is 10.9. The SMILES string of the molecule is CCOC(=O)C(C)(C)Oc1ccc(-c2ccc(CCNC(=O)/C=C/c3ccccc3)cc2)cc1. The molecule has 1 amide bonds. The Labute approximate surface area is 201 Å². The van der Waals surface area contributed by atoms with Gasteiger partial charge in [0.15, 0.2) is 5.60 Å². The minimum Gasteiger partial charge on any atom is -0.476 e. The molecule has 3 aromatic carbocycles. The predicted molar refractivity (Wildman–Crippen MR) is 135 cm³/mol. The van der Waals surface area contributed by atoms with Crippen molar-refractivity contribution >= 4 is 18.0 Å². The number of hydrogen-bond acceptors (Lipinski definition) is 4. The quantitative estimate of drug-likeness (QED) is 0.325. The van der Waals surface area contributed by atoms with Crippen LogP contribution in [0.1, 0.15) is 31.9 Å². The Morgan fingerprint density at radius 2 is 1.50 bits per heavy atom. The molecule has 3 rings (SSSR count). The van der Waals surface area contributed by atoms with Gasteiger partial charge in [-0.3, -0.25) is 4.79 Å². The molecule has 0 radical (unpaired) electrons. The molecule has 34 heavy (non-hydrogen) atoms. The van der Waals surface area contributed by atoms with Crippen molar-refractivity contribution in [1.82, 2.24) is 5.32 Å². The Balaban J connectivity index is 1.49. The highest BCUT2D eigenvalue weighted by atomic mass is 16.6. The molecule has 176 valence electrons. The Morgan fingerprint density at radius 3 is 2.12 bits per heavy atom. The number of carbonyl (C=O) groups is 2. The maximum atomic E-state index is 12.0. The van der Waals surface area contributed by atoms with Crippen LogP contribution in [0.15, 0.2) is 84.9 Å². The third-order valence-electron chi connectivity index (χ3n) is 5.22. The van der Waals surface area contributed by atoms with Gasteiger partial charge >= 0.3 is 5.97 Å². The van der Waals surface area contributed by atoms with Gasteiger partial charge in [-0.25, -0.2) is 4.79 Å². The second-order valence-corrected chi connectivity index (χ2v) is 8.34. The summed E-state index contributed by atoms with van der Waals surface area (Å²) in [5.74, 6) is 0.113. The molecule has 5 nitrogen and oxygen atoms in total. The minimum atomic E-state index is -1.05. The average Bonchev–Trinajstić information content (AvgIpc) is 2.84. The molecular weight excluding hydrogens is 426 g/mol. The van der Waals surface area contributed by atoms with E-state index in [-0.39, 0.29) is 5.91 Å². The standard InChI is InChI=1S/C29H31NO4/c1-4-33-28(32)29(2,3)34-26-17-15-25(16-18-26)24-13-10-23(11-14-24)20-21-30-27(31)19-12-22-8-6-5-7-9-22/h5-19H,4,20-21H2,1-3H3,(H,30,31)/b19-12+. The lowest BCUT2D eigenvalue weighted by atomic mass is 10.0. The van der Waals surface area contributed by atoms with Crippen molar-refractivity contribution in [2.24, 2.45) is 0 Å². The van der Waals surface area contributed by atoms with Gasteiger partial charge in [-0.15, -0.1) is 0 Å². The van der Waals surface area contributed by atoms with Gasteiger partial charge < -0.3 is 14.8 Å². The molecule has 0 aliphatic carbocycles. The second kappa shape index (κ2) is 11.8. The van der Waals surface area contributed by atoms with Crippen LogP contribution < -0.4 is 10.1 Å². The van der Waals surface area contributed by atoms with Crippen molar-refractivity contribution in [3.05, 3.63) is 96.1 Å². The molecule has 0 bridgehead atoms. The fourth-order valence-corrected chi connectivity index (χ4v) is 3.35. The largest absolute Gasteiger partial charge is 0.476 e. The molecule has 5 heteroatoms. The summed E-state index contributed by atoms with van der Waals surface area (Å²) in [5, 5.41) is 2.92. The van der Waals surface area contributed by atoms with Crippen molar-refractivity contribution in [3.8, 4) is 16.9 Å². The van der Waals surface area contributed by atoms with E-state index in [1.165, 1.54) is 0 Å². The number of esters is 1. The highest BCUT2D eigenvalue weighted by Gasteiger charge is 2.31. The Morgan fingerprint density at radius 1 is 0.882 bits per heavy atom. The van der Waals surface area contributed by atoms with Crippen molar-refractivity contribution < 1.29 is 19.1 Å². The number of benzene rings is 3. The zero-order chi connectivity index (χ0) is 24.4. The summed E-state index contributed by atoms with van der Waals surface area (Å²) in [4.78, 5) is 24.0. The summed E-state index contributed by atoms with van der Waals surface area (Å²) >= 11 is 0. The zero-order valence-electron chi connectivity index (χ0n) is 19.9. The zero-order valence-corrected chi connectivity index (χ0v) is 19.9. The summed E-state index contributed by atoms with van der Waals surface area (Å²) in [6.45, 7) is 6.05. The smallest absolute Gasteiger partial charge is 0.349 e. The highest BCUT2D eigenvalue weighted by Crippen LogP contribution is 2.25. The third kappa shape index (κ3) is 7.34. The van der Waals surface area contributed by atoms with Crippen LogP contribution in [0.4, 0.5) is 0 Å². The van der Waals surface area contributed by atoms with Gasteiger partial charge in [0.1, 0.15) is 5.75 Å². The first kappa shape index (κ1) is 24.8. The van der Waals surface area contributed by atoms with E-state index < -0.39 is 11.6 Å². The molecule has 0 aliphatic heterocycles. The highest BCUT2D eigenvalue weighted by molar-refractivity contribution is 5.91. The third-order valence-corrected chi connectivity index (χ3v) is 5.22. The molecule has 0 aromatic heterocycles. The lowest BCUT2D eigenvalue weighted by Gasteiger charge is -2.24. The van der Waals surface area contributed by atoms with Gasteiger partial charge in [-0.2, -0.15) is 0 Å². The normalized spacial score (nSPS) is 11.3. The molecule has 0 saturated carbocycles. The van der Waals surface area contributed by atoms with Gasteiger partial charge in [0.25, 0.3) is 0 Å². The van der Waals surface area contributed by atoms with Crippen LogP contribution in [0, 0.1) is 0 Å². The molecular formula is C29H31NO4. The van der Waals surface area contributed by atoms with Crippen LogP contribution in [-0.2, 0) is 20.7 Å². The molecule has 0 spiro atoms. The number of nitrogens with one attached hydrogen (secondary N) is 1. The molecule has 0 saturated heterocycles. The number of amides is 1. The van der Waals surface area contributed by atoms with E-state index in [2.05, 4.69) is 29.6 Å². The van der Waals surface area contributed by atoms with Crippen LogP contribution in [0.5, 0.6) is 5.75 Å². The van der Waals surface area contributed by atoms with Crippen LogP contribution in [0.2, 0.25) is 0 Å². The van der Waals surface area contributed by atoms with E-state index in [0.29, 0.717) is 18.9 Å². The Bertz CT molecular complexity index is 1100. The molecule has 3 aromatic rings. The van der Waals surface area contributed by atoms with Gasteiger partial charge in [0.2, 0.25) is 5.91 Å². The molecule has 0 unspecified atom stereocenters. The van der Waals surface area contributed by atoms with Crippen molar-refractivity contribution in [1.29, 1.82) is 0 Å². The first-order valence-electron chi connectivity index (χ1n) is 11.4. The van der Waals surface area contributed by atoms with Gasteiger partial charge in [-0.05, 0) is 67.7 Å². The van der Waals surface area contributed by atoms with Crippen LogP contribution >= 0.6 is 0 Å². The first-order valence-corrected chi connectivity index (χ1v) is 11.4. The molecule has 0 heterocycles. The van der Waals surface area contributed by atoms with Crippen LogP contribution in [0.3, 0.4) is 0 Å². The predicted octanol–water partition coefficient (Wildman–Crippen LogP) is 5.45. The Hall–Kier alpha value is -3.86. The number of rotatable bonds is 10. The lowest BCUT2D eigenvalue weighted by molar-refractivity contribution is -0.158. The molecule has 0 fully saturated rings. The fraction of sp³-hybridized carbons (Fsp3) is 0.241. The topological polar surface area (TPSA) is 64.6 Å². The maximum Gasteiger partial charge on any atom is 0.349 e. The summed E-state index contributed by atoms with van der Waals surface area (Å²) in [7, 11) is 0. The average molecular weight is 458 g/mol. The summed E-state index contributed by atoms with van der Waals surface area (Å²) in [5.41, 5.74) is 3.22. The van der Waals surface area contributed by atoms with Gasteiger partial charge in [0.05, 0.1) is 6.61 Å². The van der Waals surface area contributed by atoms with E-state index >= 15 is 0 Å². The first-order chi connectivity index (χ1) is 16.4. The summed E-state index contributed by atoms with van der Waals surface area (Å²) in [6.07, 6.45) is 4.11. The lowest BCUT2D eigenvalue weighted by Crippen LogP contribution is -2.39. The van der Waals surface area contributed by atoms with E-state index in [9.17, 15) is 9.59 Å². The van der Waals surface area contributed by atoms with E-state index in [1.54, 1.807) is 32.9 Å². The molecule has 1 N–H and O–H groups in total. The monoisotopic (exact) mass is 457 g/mol. The fourth-order valence-electron chi connectivity index (χ4n) is 3.35. The Kier molecular flexibility index (Phi) is 8.63. The van der Waals surface area contributed by atoms with E-state index in [1.807, 2.05) is 54.6 Å². The second-order valence-electron chi connectivity index (χ2n) is 8.34.